The van der Waals surface area contributed by atoms with Crippen molar-refractivity contribution in [2.24, 2.45) is 5.92 Å². The maximum Gasteiger partial charge on any atom is 0.0681 e. The van der Waals surface area contributed by atoms with Gasteiger partial charge in [0.05, 0.1) is 6.61 Å². The molecule has 1 aromatic carbocycles. The molecule has 0 atom stereocenters. The Balaban J connectivity index is 1.96. The Labute approximate surface area is 104 Å². The lowest BCUT2D eigenvalue weighted by molar-refractivity contribution is 0.226. The van der Waals surface area contributed by atoms with Crippen LogP contribution in [0.1, 0.15) is 37.8 Å². The van der Waals surface area contributed by atoms with Crippen LogP contribution in [0, 0.1) is 5.92 Å². The van der Waals surface area contributed by atoms with Crippen LogP contribution in [0.3, 0.4) is 0 Å². The van der Waals surface area contributed by atoms with E-state index in [0.29, 0.717) is 0 Å². The largest absolute Gasteiger partial charge is 0.392 e. The van der Waals surface area contributed by atoms with Crippen LogP contribution in [0.4, 0.5) is 0 Å². The van der Waals surface area contributed by atoms with E-state index in [2.05, 4.69) is 30.9 Å². The predicted molar refractivity (Wildman–Crippen MR) is 70.6 cm³/mol. The zero-order valence-electron chi connectivity index (χ0n) is 10.9. The molecule has 1 aromatic rings. The van der Waals surface area contributed by atoms with Gasteiger partial charge < -0.3 is 5.11 Å². The number of hydrogen-bond acceptors (Lipinski definition) is 2. The fourth-order valence-corrected chi connectivity index (χ4v) is 2.24. The maximum absolute atomic E-state index is 9.02. The Morgan fingerprint density at radius 1 is 1.18 bits per heavy atom. The van der Waals surface area contributed by atoms with E-state index < -0.39 is 0 Å². The number of hydrogen-bond donors (Lipinski definition) is 1. The summed E-state index contributed by atoms with van der Waals surface area (Å²) in [7, 11) is 0. The van der Waals surface area contributed by atoms with Crippen molar-refractivity contribution in [2.75, 3.05) is 6.54 Å². The first kappa shape index (κ1) is 12.6. The number of benzene rings is 1. The normalized spacial score (nSPS) is 15.8. The van der Waals surface area contributed by atoms with E-state index in [-0.39, 0.29) is 6.61 Å². The van der Waals surface area contributed by atoms with Gasteiger partial charge in [0.15, 0.2) is 0 Å². The molecule has 1 fully saturated rings. The van der Waals surface area contributed by atoms with Crippen molar-refractivity contribution < 1.29 is 5.11 Å². The number of aliphatic hydroxyl groups excluding tert-OH is 1. The lowest BCUT2D eigenvalue weighted by atomic mass is 10.1. The van der Waals surface area contributed by atoms with E-state index >= 15 is 0 Å². The van der Waals surface area contributed by atoms with Crippen LogP contribution >= 0.6 is 0 Å². The van der Waals surface area contributed by atoms with Crippen LogP contribution in [0.15, 0.2) is 24.3 Å². The maximum atomic E-state index is 9.02. The van der Waals surface area contributed by atoms with Gasteiger partial charge in [0.2, 0.25) is 0 Å². The third-order valence-electron chi connectivity index (χ3n) is 3.25. The molecule has 1 aliphatic rings. The highest BCUT2D eigenvalue weighted by atomic mass is 16.3. The zero-order chi connectivity index (χ0) is 12.3. The molecule has 17 heavy (non-hydrogen) atoms. The van der Waals surface area contributed by atoms with Gasteiger partial charge in [-0.1, -0.05) is 38.1 Å². The first-order valence-corrected chi connectivity index (χ1v) is 6.61. The Bertz CT molecular complexity index is 340. The van der Waals surface area contributed by atoms with Crippen molar-refractivity contribution in [3.63, 3.8) is 0 Å². The fraction of sp³-hybridized carbons (Fsp3) is 0.600. The molecule has 2 heteroatoms. The molecule has 0 unspecified atom stereocenters. The minimum Gasteiger partial charge on any atom is -0.392 e. The Morgan fingerprint density at radius 2 is 1.76 bits per heavy atom. The Morgan fingerprint density at radius 3 is 2.24 bits per heavy atom. The van der Waals surface area contributed by atoms with Gasteiger partial charge in [-0.25, -0.2) is 0 Å². The van der Waals surface area contributed by atoms with Crippen molar-refractivity contribution in [1.82, 2.24) is 4.90 Å². The summed E-state index contributed by atoms with van der Waals surface area (Å²) in [5.41, 5.74) is 2.35. The SMILES string of the molecule is CC(C)CN(Cc1ccc(CO)cc1)C1CC1. The monoisotopic (exact) mass is 233 g/mol. The van der Waals surface area contributed by atoms with Crippen molar-refractivity contribution >= 4 is 0 Å². The molecule has 0 aromatic heterocycles. The summed E-state index contributed by atoms with van der Waals surface area (Å²) in [6, 6.07) is 9.14. The molecule has 0 bridgehead atoms. The molecule has 94 valence electrons. The molecule has 1 N–H and O–H groups in total. The average molecular weight is 233 g/mol. The summed E-state index contributed by atoms with van der Waals surface area (Å²) in [6.45, 7) is 6.94. The summed E-state index contributed by atoms with van der Waals surface area (Å²) >= 11 is 0. The van der Waals surface area contributed by atoms with Crippen molar-refractivity contribution in [3.05, 3.63) is 35.4 Å². The van der Waals surface area contributed by atoms with Gasteiger partial charge in [-0.15, -0.1) is 0 Å². The quantitative estimate of drug-likeness (QED) is 0.816. The molecule has 0 heterocycles. The van der Waals surface area contributed by atoms with Crippen LogP contribution in [0.25, 0.3) is 0 Å². The Kier molecular flexibility index (Phi) is 4.19. The number of rotatable bonds is 6. The van der Waals surface area contributed by atoms with E-state index in [1.807, 2.05) is 12.1 Å². The topological polar surface area (TPSA) is 23.5 Å². The predicted octanol–water partition coefficient (Wildman–Crippen LogP) is 2.80. The molecule has 0 radical (unpaired) electrons. The van der Waals surface area contributed by atoms with E-state index in [9.17, 15) is 0 Å². The minimum absolute atomic E-state index is 0.138. The van der Waals surface area contributed by atoms with Gasteiger partial charge in [-0.2, -0.15) is 0 Å². The molecule has 0 spiro atoms. The lowest BCUT2D eigenvalue weighted by Gasteiger charge is -2.24. The smallest absolute Gasteiger partial charge is 0.0681 e. The summed E-state index contributed by atoms with van der Waals surface area (Å²) in [5.74, 6) is 0.729. The molecule has 0 amide bonds. The lowest BCUT2D eigenvalue weighted by Crippen LogP contribution is -2.29. The van der Waals surface area contributed by atoms with Crippen LogP contribution in [0.5, 0.6) is 0 Å². The second kappa shape index (κ2) is 5.65. The van der Waals surface area contributed by atoms with Gasteiger partial charge >= 0.3 is 0 Å². The van der Waals surface area contributed by atoms with Gasteiger partial charge in [0.1, 0.15) is 0 Å². The third kappa shape index (κ3) is 3.83. The van der Waals surface area contributed by atoms with E-state index in [1.165, 1.54) is 24.9 Å². The summed E-state index contributed by atoms with van der Waals surface area (Å²) < 4.78 is 0. The molecular formula is C15H23NO. The van der Waals surface area contributed by atoms with E-state index in [4.69, 9.17) is 5.11 Å². The third-order valence-corrected chi connectivity index (χ3v) is 3.25. The average Bonchev–Trinajstić information content (AvgIpc) is 3.12. The van der Waals surface area contributed by atoms with Gasteiger partial charge in [-0.3, -0.25) is 4.90 Å². The second-order valence-corrected chi connectivity index (χ2v) is 5.53. The van der Waals surface area contributed by atoms with Crippen LogP contribution in [-0.2, 0) is 13.2 Å². The Hall–Kier alpha value is -0.860. The highest BCUT2D eigenvalue weighted by Gasteiger charge is 2.28. The summed E-state index contributed by atoms with van der Waals surface area (Å²) in [4.78, 5) is 2.60. The van der Waals surface area contributed by atoms with Crippen molar-refractivity contribution in [3.8, 4) is 0 Å². The summed E-state index contributed by atoms with van der Waals surface area (Å²) in [6.07, 6.45) is 2.73. The molecule has 2 nitrogen and oxygen atoms in total. The van der Waals surface area contributed by atoms with Crippen LogP contribution in [-0.4, -0.2) is 22.6 Å². The molecule has 0 saturated heterocycles. The molecule has 1 saturated carbocycles. The fourth-order valence-electron chi connectivity index (χ4n) is 2.24. The highest BCUT2D eigenvalue weighted by molar-refractivity contribution is 5.22. The molecule has 2 rings (SSSR count). The van der Waals surface area contributed by atoms with Gasteiger partial charge in [0, 0.05) is 19.1 Å². The minimum atomic E-state index is 0.138. The van der Waals surface area contributed by atoms with Gasteiger partial charge in [-0.05, 0) is 29.9 Å². The zero-order valence-corrected chi connectivity index (χ0v) is 10.9. The first-order valence-electron chi connectivity index (χ1n) is 6.61. The van der Waals surface area contributed by atoms with Crippen molar-refractivity contribution in [2.45, 2.75) is 45.9 Å². The summed E-state index contributed by atoms with van der Waals surface area (Å²) in [5, 5.41) is 9.02. The van der Waals surface area contributed by atoms with Crippen LogP contribution < -0.4 is 0 Å². The number of nitrogens with zero attached hydrogens (tertiary/aromatic N) is 1. The number of aliphatic hydroxyl groups is 1. The van der Waals surface area contributed by atoms with E-state index in [0.717, 1.165) is 24.1 Å². The van der Waals surface area contributed by atoms with E-state index in [1.54, 1.807) is 0 Å². The molecule has 0 aliphatic heterocycles. The highest BCUT2D eigenvalue weighted by Crippen LogP contribution is 2.29. The standard InChI is InChI=1S/C15H23NO/c1-12(2)9-16(15-7-8-15)10-13-3-5-14(11-17)6-4-13/h3-6,12,15,17H,7-11H2,1-2H3. The second-order valence-electron chi connectivity index (χ2n) is 5.53. The molecular weight excluding hydrogens is 210 g/mol. The van der Waals surface area contributed by atoms with Gasteiger partial charge in [0.25, 0.3) is 0 Å². The molecule has 1 aliphatic carbocycles. The van der Waals surface area contributed by atoms with Crippen LogP contribution in [0.2, 0.25) is 0 Å². The first-order chi connectivity index (χ1) is 8.19. The van der Waals surface area contributed by atoms with Crippen molar-refractivity contribution in [1.29, 1.82) is 0 Å².